The Morgan fingerprint density at radius 1 is 0.278 bits per heavy atom. The molecule has 0 aliphatic carbocycles. The van der Waals surface area contributed by atoms with E-state index in [0.717, 1.165) is 129 Å². The third kappa shape index (κ3) is 6.88. The fraction of sp³-hybridized carbons (Fsp3) is 0. The molecule has 1 aliphatic rings. The highest BCUT2D eigenvalue weighted by Gasteiger charge is 2.31. The number of benzene rings is 4. The SMILES string of the molecule is c1ccc(-c2cc(-c3ccccn3)nc(N3c4cc5c(cc4-c4ccc(-c6ccccn6)c6cccc3c46)c3cc(-c4ccccn4)ccc3n5-c3cc(-c4ccccn4)cc(-c4ccccn4)n3)c2)nc1. The highest BCUT2D eigenvalue weighted by Crippen LogP contribution is 2.54. The van der Waals surface area contributed by atoms with E-state index in [-0.39, 0.29) is 0 Å². The lowest BCUT2D eigenvalue weighted by atomic mass is 9.87. The van der Waals surface area contributed by atoms with Gasteiger partial charge in [0.2, 0.25) is 0 Å². The molecular formula is C62H38N10. The van der Waals surface area contributed by atoms with Crippen molar-refractivity contribution < 1.29 is 0 Å². The monoisotopic (exact) mass is 922 g/mol. The molecule has 0 saturated heterocycles. The van der Waals surface area contributed by atoms with Crippen molar-refractivity contribution in [2.45, 2.75) is 0 Å². The molecule has 0 fully saturated rings. The van der Waals surface area contributed by atoms with Crippen molar-refractivity contribution in [1.82, 2.24) is 44.4 Å². The zero-order chi connectivity index (χ0) is 47.5. The fourth-order valence-electron chi connectivity index (χ4n) is 10.2. The number of hydrogen-bond acceptors (Lipinski definition) is 9. The van der Waals surface area contributed by atoms with Crippen molar-refractivity contribution in [2.75, 3.05) is 4.90 Å². The lowest BCUT2D eigenvalue weighted by Gasteiger charge is -2.34. The van der Waals surface area contributed by atoms with Crippen LogP contribution in [-0.2, 0) is 0 Å². The third-order valence-corrected chi connectivity index (χ3v) is 13.4. The van der Waals surface area contributed by atoms with E-state index in [2.05, 4.69) is 107 Å². The Hall–Kier alpha value is -10.1. The Balaban J connectivity index is 1.11. The van der Waals surface area contributed by atoms with Crippen molar-refractivity contribution in [3.63, 3.8) is 0 Å². The van der Waals surface area contributed by atoms with Crippen LogP contribution in [0.25, 0.3) is 117 Å². The quantitative estimate of drug-likeness (QED) is 0.147. The smallest absolute Gasteiger partial charge is 0.139 e. The second-order valence-corrected chi connectivity index (χ2v) is 17.6. The summed E-state index contributed by atoms with van der Waals surface area (Å²) in [6.45, 7) is 0. The van der Waals surface area contributed by atoms with Crippen LogP contribution in [0.1, 0.15) is 0 Å². The minimum atomic E-state index is 0.716. The predicted octanol–water partition coefficient (Wildman–Crippen LogP) is 14.5. The van der Waals surface area contributed by atoms with Crippen LogP contribution in [0.15, 0.2) is 231 Å². The molecule has 14 rings (SSSR count). The molecule has 10 nitrogen and oxygen atoms in total. The van der Waals surface area contributed by atoms with Crippen molar-refractivity contribution in [2.24, 2.45) is 0 Å². The van der Waals surface area contributed by atoms with E-state index >= 15 is 0 Å². The number of hydrogen-bond donors (Lipinski definition) is 0. The predicted molar refractivity (Wildman–Crippen MR) is 287 cm³/mol. The first kappa shape index (κ1) is 41.0. The average molecular weight is 923 g/mol. The van der Waals surface area contributed by atoms with Crippen LogP contribution in [0.3, 0.4) is 0 Å². The van der Waals surface area contributed by atoms with E-state index in [1.807, 2.05) is 122 Å². The van der Waals surface area contributed by atoms with Crippen molar-refractivity contribution in [3.8, 4) is 84.7 Å². The lowest BCUT2D eigenvalue weighted by molar-refractivity contribution is 1.07. The van der Waals surface area contributed by atoms with Gasteiger partial charge in [0.15, 0.2) is 0 Å². The summed E-state index contributed by atoms with van der Waals surface area (Å²) in [4.78, 5) is 42.1. The first-order chi connectivity index (χ1) is 35.7. The maximum Gasteiger partial charge on any atom is 0.139 e. The van der Waals surface area contributed by atoms with E-state index in [1.165, 1.54) is 0 Å². The Labute approximate surface area is 413 Å². The second-order valence-electron chi connectivity index (χ2n) is 17.6. The highest BCUT2D eigenvalue weighted by molar-refractivity contribution is 6.21. The van der Waals surface area contributed by atoms with Crippen LogP contribution in [0.5, 0.6) is 0 Å². The number of fused-ring (bicyclic) bond motifs is 5. The molecule has 1 aliphatic heterocycles. The molecule has 0 amide bonds. The highest BCUT2D eigenvalue weighted by atomic mass is 15.2. The first-order valence-corrected chi connectivity index (χ1v) is 23.7. The third-order valence-electron chi connectivity index (χ3n) is 13.4. The molecule has 0 bridgehead atoms. The van der Waals surface area contributed by atoms with Crippen LogP contribution in [-0.4, -0.2) is 44.4 Å². The summed E-state index contributed by atoms with van der Waals surface area (Å²) in [6.07, 6.45) is 11.0. The van der Waals surface area contributed by atoms with Gasteiger partial charge < -0.3 is 0 Å². The van der Waals surface area contributed by atoms with Gasteiger partial charge in [0.1, 0.15) is 11.6 Å². The molecule has 336 valence electrons. The molecule has 0 N–H and O–H groups in total. The minimum Gasteiger partial charge on any atom is -0.294 e. The van der Waals surface area contributed by atoms with Gasteiger partial charge in [-0.2, -0.15) is 0 Å². The molecule has 9 aromatic heterocycles. The van der Waals surface area contributed by atoms with Gasteiger partial charge >= 0.3 is 0 Å². The number of aromatic nitrogens is 9. The number of anilines is 3. The fourth-order valence-corrected chi connectivity index (χ4v) is 10.2. The number of nitrogens with zero attached hydrogens (tertiary/aromatic N) is 10. The lowest BCUT2D eigenvalue weighted by Crippen LogP contribution is -2.17. The minimum absolute atomic E-state index is 0.716. The van der Waals surface area contributed by atoms with Gasteiger partial charge in [0.05, 0.1) is 68.0 Å². The Bertz CT molecular complexity index is 4080. The topological polar surface area (TPSA) is 111 Å². The van der Waals surface area contributed by atoms with Crippen LogP contribution in [0, 0.1) is 0 Å². The van der Waals surface area contributed by atoms with E-state index in [0.29, 0.717) is 5.82 Å². The zero-order valence-corrected chi connectivity index (χ0v) is 38.4. The van der Waals surface area contributed by atoms with Crippen LogP contribution in [0.4, 0.5) is 17.2 Å². The molecule has 72 heavy (non-hydrogen) atoms. The van der Waals surface area contributed by atoms with E-state index in [1.54, 1.807) is 12.4 Å². The molecule has 0 saturated carbocycles. The summed E-state index contributed by atoms with van der Waals surface area (Å²) < 4.78 is 2.28. The van der Waals surface area contributed by atoms with E-state index in [9.17, 15) is 0 Å². The molecule has 4 aromatic carbocycles. The number of rotatable bonds is 8. The van der Waals surface area contributed by atoms with Crippen molar-refractivity contribution in [3.05, 3.63) is 231 Å². The molecule has 10 heteroatoms. The average Bonchev–Trinajstić information content (AvgIpc) is 3.78. The largest absolute Gasteiger partial charge is 0.294 e. The number of pyridine rings is 8. The Morgan fingerprint density at radius 2 is 0.792 bits per heavy atom. The molecule has 10 heterocycles. The van der Waals surface area contributed by atoms with Crippen LogP contribution in [0.2, 0.25) is 0 Å². The molecule has 0 spiro atoms. The normalized spacial score (nSPS) is 11.9. The van der Waals surface area contributed by atoms with Gasteiger partial charge in [0.25, 0.3) is 0 Å². The first-order valence-electron chi connectivity index (χ1n) is 23.7. The summed E-state index contributed by atoms with van der Waals surface area (Å²) in [6, 6.07) is 66.6. The van der Waals surface area contributed by atoms with Gasteiger partial charge in [0, 0.05) is 81.2 Å². The second kappa shape index (κ2) is 16.9. The van der Waals surface area contributed by atoms with E-state index in [4.69, 9.17) is 39.9 Å². The summed E-state index contributed by atoms with van der Waals surface area (Å²) in [5, 5.41) is 4.29. The Kier molecular flexibility index (Phi) is 9.59. The Morgan fingerprint density at radius 3 is 1.38 bits per heavy atom. The van der Waals surface area contributed by atoms with Gasteiger partial charge in [-0.25, -0.2) is 9.97 Å². The van der Waals surface area contributed by atoms with Crippen LogP contribution < -0.4 is 4.90 Å². The summed E-state index contributed by atoms with van der Waals surface area (Å²) >= 11 is 0. The maximum atomic E-state index is 5.51. The standard InChI is InChI=1S/C62H38N10/c1-7-26-63-48(15-1)39-22-25-56-45(32-39)47-37-46-44-24-23-42(51-18-4-10-29-66-51)43-14-13-21-57(62(43)44)72(61-36-41(50-17-3-9-28-65-50)34-55(70-61)53-20-6-12-31-68-53)58(46)38-59(47)71(56)60-35-40(49-16-2-8-27-64-49)33-54(69-60)52-19-5-11-30-67-52/h1-38H. The van der Waals surface area contributed by atoms with Crippen molar-refractivity contribution >= 4 is 49.8 Å². The van der Waals surface area contributed by atoms with Gasteiger partial charge in [-0.05, 0) is 138 Å². The summed E-state index contributed by atoms with van der Waals surface area (Å²) in [7, 11) is 0. The van der Waals surface area contributed by atoms with Crippen molar-refractivity contribution in [1.29, 1.82) is 0 Å². The van der Waals surface area contributed by atoms with Gasteiger partial charge in [-0.15, -0.1) is 0 Å². The summed E-state index contributed by atoms with van der Waals surface area (Å²) in [5.41, 5.74) is 16.3. The molecular weight excluding hydrogens is 885 g/mol. The molecule has 13 aromatic rings. The van der Waals surface area contributed by atoms with Gasteiger partial charge in [-0.1, -0.05) is 66.7 Å². The molecule has 0 atom stereocenters. The van der Waals surface area contributed by atoms with E-state index < -0.39 is 0 Å². The molecule has 0 unspecified atom stereocenters. The van der Waals surface area contributed by atoms with Gasteiger partial charge in [-0.3, -0.25) is 39.4 Å². The molecule has 0 radical (unpaired) electrons. The summed E-state index contributed by atoms with van der Waals surface area (Å²) in [5.74, 6) is 1.44. The zero-order valence-electron chi connectivity index (χ0n) is 38.4. The maximum absolute atomic E-state index is 5.51. The van der Waals surface area contributed by atoms with Crippen LogP contribution >= 0.6 is 0 Å².